The lowest BCUT2D eigenvalue weighted by Crippen LogP contribution is -1.92. The fourth-order valence-electron chi connectivity index (χ4n) is 2.55. The Kier molecular flexibility index (Phi) is 3.51. The highest BCUT2D eigenvalue weighted by atomic mass is 14.6. The first-order chi connectivity index (χ1) is 9.76. The Morgan fingerprint density at radius 2 is 1.65 bits per heavy atom. The van der Waals surface area contributed by atoms with Crippen molar-refractivity contribution in [3.05, 3.63) is 77.0 Å². The molecule has 0 unspecified atom stereocenters. The standard InChI is InChI=1S/C19H19N/c1-3-15-8-9-18-17(10-11-20-19(18)13-15)12-16-6-4-14(2)5-7-16/h4-11,13H,3,12H2,1-2H3. The maximum Gasteiger partial charge on any atom is 0.0707 e. The third-order valence-electron chi connectivity index (χ3n) is 3.82. The Morgan fingerprint density at radius 1 is 0.900 bits per heavy atom. The van der Waals surface area contributed by atoms with Gasteiger partial charge in [0.05, 0.1) is 5.52 Å². The van der Waals surface area contributed by atoms with E-state index in [-0.39, 0.29) is 0 Å². The van der Waals surface area contributed by atoms with Gasteiger partial charge in [0.25, 0.3) is 0 Å². The summed E-state index contributed by atoms with van der Waals surface area (Å²) in [7, 11) is 0. The molecule has 2 aromatic carbocycles. The molecule has 3 rings (SSSR count). The van der Waals surface area contributed by atoms with Crippen molar-refractivity contribution in [2.24, 2.45) is 0 Å². The van der Waals surface area contributed by atoms with Crippen molar-refractivity contribution in [1.29, 1.82) is 0 Å². The summed E-state index contributed by atoms with van der Waals surface area (Å²) >= 11 is 0. The number of fused-ring (bicyclic) bond motifs is 1. The van der Waals surface area contributed by atoms with Crippen molar-refractivity contribution < 1.29 is 0 Å². The number of nitrogens with zero attached hydrogens (tertiary/aromatic N) is 1. The van der Waals surface area contributed by atoms with Gasteiger partial charge in [0.2, 0.25) is 0 Å². The summed E-state index contributed by atoms with van der Waals surface area (Å²) in [6.07, 6.45) is 3.94. The van der Waals surface area contributed by atoms with Crippen molar-refractivity contribution in [3.8, 4) is 0 Å². The van der Waals surface area contributed by atoms with Crippen LogP contribution in [-0.4, -0.2) is 4.98 Å². The van der Waals surface area contributed by atoms with Gasteiger partial charge in [-0.1, -0.05) is 48.9 Å². The minimum Gasteiger partial charge on any atom is -0.256 e. The minimum atomic E-state index is 0.963. The molecule has 1 heterocycles. The Balaban J connectivity index is 2.01. The maximum absolute atomic E-state index is 4.51. The second-order valence-corrected chi connectivity index (χ2v) is 5.34. The normalized spacial score (nSPS) is 10.9. The zero-order chi connectivity index (χ0) is 13.9. The van der Waals surface area contributed by atoms with E-state index < -0.39 is 0 Å². The zero-order valence-electron chi connectivity index (χ0n) is 12.1. The van der Waals surface area contributed by atoms with E-state index in [1.54, 1.807) is 0 Å². The highest BCUT2D eigenvalue weighted by Gasteiger charge is 2.04. The summed E-state index contributed by atoms with van der Waals surface area (Å²) in [5.74, 6) is 0. The Hall–Kier alpha value is -2.15. The quantitative estimate of drug-likeness (QED) is 0.666. The lowest BCUT2D eigenvalue weighted by atomic mass is 9.99. The molecule has 0 aliphatic heterocycles. The van der Waals surface area contributed by atoms with Crippen LogP contribution in [0.4, 0.5) is 0 Å². The zero-order valence-corrected chi connectivity index (χ0v) is 12.1. The summed E-state index contributed by atoms with van der Waals surface area (Å²) in [6.45, 7) is 4.30. The fraction of sp³-hybridized carbons (Fsp3) is 0.211. The Morgan fingerprint density at radius 3 is 2.40 bits per heavy atom. The fourth-order valence-corrected chi connectivity index (χ4v) is 2.55. The number of aryl methyl sites for hydroxylation is 2. The van der Waals surface area contributed by atoms with E-state index in [1.165, 1.54) is 27.6 Å². The van der Waals surface area contributed by atoms with E-state index in [4.69, 9.17) is 0 Å². The summed E-state index contributed by atoms with van der Waals surface area (Å²) in [5, 5.41) is 1.27. The molecule has 0 saturated carbocycles. The van der Waals surface area contributed by atoms with Gasteiger partial charge >= 0.3 is 0 Å². The maximum atomic E-state index is 4.51. The molecule has 0 saturated heterocycles. The molecule has 0 N–H and O–H groups in total. The van der Waals surface area contributed by atoms with Crippen molar-refractivity contribution >= 4 is 10.9 Å². The molecule has 0 bridgehead atoms. The van der Waals surface area contributed by atoms with Gasteiger partial charge in [-0.3, -0.25) is 4.98 Å². The van der Waals surface area contributed by atoms with Gasteiger partial charge in [-0.05, 0) is 48.6 Å². The van der Waals surface area contributed by atoms with Crippen molar-refractivity contribution in [2.45, 2.75) is 26.7 Å². The number of benzene rings is 2. The topological polar surface area (TPSA) is 12.9 Å². The molecule has 3 aromatic rings. The molecular weight excluding hydrogens is 242 g/mol. The second-order valence-electron chi connectivity index (χ2n) is 5.34. The highest BCUT2D eigenvalue weighted by Crippen LogP contribution is 2.21. The van der Waals surface area contributed by atoms with Gasteiger partial charge in [-0.2, -0.15) is 0 Å². The van der Waals surface area contributed by atoms with Crippen LogP contribution in [0.15, 0.2) is 54.7 Å². The first-order valence-electron chi connectivity index (χ1n) is 7.18. The molecule has 100 valence electrons. The van der Waals surface area contributed by atoms with E-state index in [0.29, 0.717) is 0 Å². The van der Waals surface area contributed by atoms with Gasteiger partial charge in [0.15, 0.2) is 0 Å². The first-order valence-corrected chi connectivity index (χ1v) is 7.18. The van der Waals surface area contributed by atoms with Crippen LogP contribution in [0, 0.1) is 6.92 Å². The Labute approximate surface area is 120 Å². The van der Waals surface area contributed by atoms with E-state index in [0.717, 1.165) is 18.4 Å². The van der Waals surface area contributed by atoms with Gasteiger partial charge in [0.1, 0.15) is 0 Å². The number of rotatable bonds is 3. The molecule has 0 atom stereocenters. The molecule has 1 aromatic heterocycles. The first kappa shape index (κ1) is 12.9. The lowest BCUT2D eigenvalue weighted by molar-refractivity contribution is 1.14. The molecule has 0 radical (unpaired) electrons. The van der Waals surface area contributed by atoms with Gasteiger partial charge in [-0.15, -0.1) is 0 Å². The predicted octanol–water partition coefficient (Wildman–Crippen LogP) is 4.70. The predicted molar refractivity (Wildman–Crippen MR) is 85.1 cm³/mol. The van der Waals surface area contributed by atoms with Crippen molar-refractivity contribution in [3.63, 3.8) is 0 Å². The molecule has 0 aliphatic rings. The van der Waals surface area contributed by atoms with E-state index in [2.05, 4.69) is 67.4 Å². The van der Waals surface area contributed by atoms with Crippen molar-refractivity contribution in [1.82, 2.24) is 4.98 Å². The van der Waals surface area contributed by atoms with Crippen LogP contribution in [0.3, 0.4) is 0 Å². The second kappa shape index (κ2) is 5.46. The summed E-state index contributed by atoms with van der Waals surface area (Å²) < 4.78 is 0. The molecule has 0 fully saturated rings. The third-order valence-corrected chi connectivity index (χ3v) is 3.82. The molecule has 1 nitrogen and oxygen atoms in total. The monoisotopic (exact) mass is 261 g/mol. The van der Waals surface area contributed by atoms with Crippen LogP contribution < -0.4 is 0 Å². The molecular formula is C19H19N. The van der Waals surface area contributed by atoms with Crippen LogP contribution in [0.2, 0.25) is 0 Å². The average Bonchev–Trinajstić information content (AvgIpc) is 2.49. The molecule has 0 aliphatic carbocycles. The van der Waals surface area contributed by atoms with E-state index in [9.17, 15) is 0 Å². The largest absolute Gasteiger partial charge is 0.256 e. The number of pyridine rings is 1. The van der Waals surface area contributed by atoms with Crippen LogP contribution in [0.5, 0.6) is 0 Å². The number of aromatic nitrogens is 1. The van der Waals surface area contributed by atoms with Gasteiger partial charge in [0, 0.05) is 11.6 Å². The van der Waals surface area contributed by atoms with E-state index in [1.807, 2.05) is 6.20 Å². The summed E-state index contributed by atoms with van der Waals surface area (Å²) in [4.78, 5) is 4.51. The van der Waals surface area contributed by atoms with Crippen LogP contribution in [0.1, 0.15) is 29.2 Å². The number of hydrogen-bond donors (Lipinski definition) is 0. The Bertz CT molecular complexity index is 726. The molecule has 20 heavy (non-hydrogen) atoms. The minimum absolute atomic E-state index is 0.963. The smallest absolute Gasteiger partial charge is 0.0707 e. The molecule has 0 amide bonds. The van der Waals surface area contributed by atoms with Gasteiger partial charge in [-0.25, -0.2) is 0 Å². The molecule has 1 heteroatoms. The lowest BCUT2D eigenvalue weighted by Gasteiger charge is -2.08. The van der Waals surface area contributed by atoms with Crippen molar-refractivity contribution in [2.75, 3.05) is 0 Å². The number of hydrogen-bond acceptors (Lipinski definition) is 1. The third kappa shape index (κ3) is 2.57. The SMILES string of the molecule is CCc1ccc2c(Cc3ccc(C)cc3)ccnc2c1. The van der Waals surface area contributed by atoms with E-state index >= 15 is 0 Å². The van der Waals surface area contributed by atoms with Gasteiger partial charge < -0.3 is 0 Å². The molecule has 0 spiro atoms. The summed E-state index contributed by atoms with van der Waals surface area (Å²) in [5.41, 5.74) is 6.46. The van der Waals surface area contributed by atoms with Crippen LogP contribution >= 0.6 is 0 Å². The highest BCUT2D eigenvalue weighted by molar-refractivity contribution is 5.83. The van der Waals surface area contributed by atoms with Crippen LogP contribution in [0.25, 0.3) is 10.9 Å². The average molecular weight is 261 g/mol. The van der Waals surface area contributed by atoms with Crippen LogP contribution in [-0.2, 0) is 12.8 Å². The summed E-state index contributed by atoms with van der Waals surface area (Å²) in [6, 6.07) is 17.5.